The first-order chi connectivity index (χ1) is 6.70. The predicted octanol–water partition coefficient (Wildman–Crippen LogP) is -1.30. The highest BCUT2D eigenvalue weighted by Gasteiger charge is 2.13. The Morgan fingerprint density at radius 1 is 1.07 bits per heavy atom. The first-order valence-electron chi connectivity index (χ1n) is 5.23. The van der Waals surface area contributed by atoms with Crippen molar-refractivity contribution in [3.8, 4) is 0 Å². The van der Waals surface area contributed by atoms with E-state index in [2.05, 4.69) is 5.32 Å². The number of rotatable bonds is 3. The van der Waals surface area contributed by atoms with E-state index in [1.807, 2.05) is 0 Å². The molecule has 0 unspecified atom stereocenters. The van der Waals surface area contributed by atoms with E-state index in [1.165, 1.54) is 0 Å². The lowest BCUT2D eigenvalue weighted by molar-refractivity contribution is 0.263. The second-order valence-electron chi connectivity index (χ2n) is 3.62. The Morgan fingerprint density at radius 3 is 1.71 bits per heavy atom. The van der Waals surface area contributed by atoms with Crippen molar-refractivity contribution in [2.45, 2.75) is 37.8 Å². The lowest BCUT2D eigenvalue weighted by Crippen LogP contribution is -2.33. The summed E-state index contributed by atoms with van der Waals surface area (Å²) < 4.78 is 0. The van der Waals surface area contributed by atoms with E-state index in [0.29, 0.717) is 25.2 Å². The van der Waals surface area contributed by atoms with Crippen LogP contribution in [0.2, 0.25) is 0 Å². The third kappa shape index (κ3) is 8.40. The van der Waals surface area contributed by atoms with Gasteiger partial charge in [-0.2, -0.15) is 0 Å². The van der Waals surface area contributed by atoms with Crippen LogP contribution in [0.25, 0.3) is 0 Å². The Labute approximate surface area is 86.0 Å². The molecule has 1 saturated carbocycles. The van der Waals surface area contributed by atoms with Crippen molar-refractivity contribution in [3.63, 3.8) is 0 Å². The molecule has 0 aliphatic heterocycles. The average Bonchev–Trinajstić information content (AvgIpc) is 2.20. The second kappa shape index (κ2) is 9.36. The largest absolute Gasteiger partial charge is 0.381 e. The van der Waals surface area contributed by atoms with Gasteiger partial charge in [0, 0.05) is 25.2 Å². The summed E-state index contributed by atoms with van der Waals surface area (Å²) in [5, 5.41) is 10.7. The van der Waals surface area contributed by atoms with Crippen LogP contribution in [0, 0.1) is 0 Å². The highest BCUT2D eigenvalue weighted by molar-refractivity contribution is 4.75. The topological polar surface area (TPSA) is 110 Å². The maximum Gasteiger partial charge on any atom is 0.0931 e. The standard InChI is InChI=1S/C6H14N2.C3H10N2O/c7-5-1-2-6(8)4-3-5;4-1-2-5-3-6/h5-6H,1-4,7-8H2;5-6H,1-4H2. The van der Waals surface area contributed by atoms with Crippen molar-refractivity contribution < 1.29 is 5.11 Å². The Morgan fingerprint density at radius 2 is 1.50 bits per heavy atom. The minimum Gasteiger partial charge on any atom is -0.381 e. The zero-order valence-electron chi connectivity index (χ0n) is 8.78. The summed E-state index contributed by atoms with van der Waals surface area (Å²) in [7, 11) is 0. The van der Waals surface area contributed by atoms with Gasteiger partial charge in [0.05, 0.1) is 6.73 Å². The van der Waals surface area contributed by atoms with Gasteiger partial charge >= 0.3 is 0 Å². The van der Waals surface area contributed by atoms with Gasteiger partial charge in [0.15, 0.2) is 0 Å². The second-order valence-corrected chi connectivity index (χ2v) is 3.62. The van der Waals surface area contributed by atoms with Crippen molar-refractivity contribution in [2.75, 3.05) is 19.8 Å². The highest BCUT2D eigenvalue weighted by Crippen LogP contribution is 2.14. The minimum atomic E-state index is 0.0250. The lowest BCUT2D eigenvalue weighted by Gasteiger charge is -2.22. The highest BCUT2D eigenvalue weighted by atomic mass is 16.3. The van der Waals surface area contributed by atoms with Crippen LogP contribution in [0.3, 0.4) is 0 Å². The molecule has 0 atom stereocenters. The van der Waals surface area contributed by atoms with Crippen molar-refractivity contribution >= 4 is 0 Å². The molecule has 0 aromatic rings. The van der Waals surface area contributed by atoms with Crippen molar-refractivity contribution in [1.82, 2.24) is 5.32 Å². The fourth-order valence-electron chi connectivity index (χ4n) is 1.33. The zero-order valence-corrected chi connectivity index (χ0v) is 8.78. The van der Waals surface area contributed by atoms with Gasteiger partial charge in [-0.05, 0) is 25.7 Å². The molecule has 5 nitrogen and oxygen atoms in total. The Balaban J connectivity index is 0.000000255. The molecule has 1 fully saturated rings. The van der Waals surface area contributed by atoms with Crippen molar-refractivity contribution in [2.24, 2.45) is 17.2 Å². The number of hydrogen-bond donors (Lipinski definition) is 5. The van der Waals surface area contributed by atoms with Gasteiger partial charge in [0.25, 0.3) is 0 Å². The number of nitrogens with one attached hydrogen (secondary N) is 1. The molecular weight excluding hydrogens is 180 g/mol. The van der Waals surface area contributed by atoms with Crippen LogP contribution in [-0.2, 0) is 0 Å². The molecule has 0 saturated heterocycles. The summed E-state index contributed by atoms with van der Waals surface area (Å²) in [5.41, 5.74) is 16.3. The van der Waals surface area contributed by atoms with Crippen LogP contribution in [0.4, 0.5) is 0 Å². The van der Waals surface area contributed by atoms with Gasteiger partial charge in [-0.15, -0.1) is 0 Å². The molecule has 1 rings (SSSR count). The van der Waals surface area contributed by atoms with E-state index >= 15 is 0 Å². The summed E-state index contributed by atoms with van der Waals surface area (Å²) in [6, 6.07) is 0.879. The van der Waals surface area contributed by atoms with Crippen LogP contribution in [-0.4, -0.2) is 37.0 Å². The average molecular weight is 204 g/mol. The maximum atomic E-state index is 8.03. The maximum absolute atomic E-state index is 8.03. The SMILES string of the molecule is NC1CCC(N)CC1.NCCNCO. The molecule has 0 amide bonds. The third-order valence-electron chi connectivity index (χ3n) is 2.25. The Bertz CT molecular complexity index is 101. The lowest BCUT2D eigenvalue weighted by atomic mass is 9.93. The van der Waals surface area contributed by atoms with E-state index in [4.69, 9.17) is 22.3 Å². The fourth-order valence-corrected chi connectivity index (χ4v) is 1.33. The van der Waals surface area contributed by atoms with E-state index in [-0.39, 0.29) is 6.73 Å². The Hall–Kier alpha value is -0.200. The van der Waals surface area contributed by atoms with E-state index in [1.54, 1.807) is 0 Å². The minimum absolute atomic E-state index is 0.0250. The first kappa shape index (κ1) is 13.8. The first-order valence-corrected chi connectivity index (χ1v) is 5.23. The molecule has 0 heterocycles. The van der Waals surface area contributed by atoms with E-state index in [0.717, 1.165) is 25.7 Å². The van der Waals surface area contributed by atoms with Crippen LogP contribution in [0.1, 0.15) is 25.7 Å². The van der Waals surface area contributed by atoms with Crippen molar-refractivity contribution in [1.29, 1.82) is 0 Å². The molecule has 5 heteroatoms. The molecule has 8 N–H and O–H groups in total. The molecule has 0 bridgehead atoms. The summed E-state index contributed by atoms with van der Waals surface area (Å²) in [4.78, 5) is 0. The predicted molar refractivity (Wildman–Crippen MR) is 58.6 cm³/mol. The monoisotopic (exact) mass is 204 g/mol. The smallest absolute Gasteiger partial charge is 0.0931 e. The molecule has 1 aliphatic rings. The van der Waals surface area contributed by atoms with Crippen LogP contribution < -0.4 is 22.5 Å². The quantitative estimate of drug-likeness (QED) is 0.290. The number of hydrogen-bond acceptors (Lipinski definition) is 5. The van der Waals surface area contributed by atoms with Crippen molar-refractivity contribution in [3.05, 3.63) is 0 Å². The van der Waals surface area contributed by atoms with Crippen LogP contribution >= 0.6 is 0 Å². The van der Waals surface area contributed by atoms with Gasteiger partial charge in [0.1, 0.15) is 0 Å². The number of aliphatic hydroxyl groups is 1. The molecule has 14 heavy (non-hydrogen) atoms. The zero-order chi connectivity index (χ0) is 10.8. The number of nitrogens with two attached hydrogens (primary N) is 3. The molecule has 0 aromatic carbocycles. The number of aliphatic hydroxyl groups excluding tert-OH is 1. The molecule has 0 aromatic heterocycles. The molecule has 0 radical (unpaired) electrons. The molecule has 1 aliphatic carbocycles. The van der Waals surface area contributed by atoms with Gasteiger partial charge in [-0.25, -0.2) is 0 Å². The van der Waals surface area contributed by atoms with Gasteiger partial charge in [-0.3, -0.25) is 5.32 Å². The van der Waals surface area contributed by atoms with Gasteiger partial charge in [-0.1, -0.05) is 0 Å². The van der Waals surface area contributed by atoms with E-state index < -0.39 is 0 Å². The van der Waals surface area contributed by atoms with Gasteiger partial charge in [0.2, 0.25) is 0 Å². The normalized spacial score (nSPS) is 26.6. The third-order valence-corrected chi connectivity index (χ3v) is 2.25. The summed E-state index contributed by atoms with van der Waals surface area (Å²) >= 11 is 0. The molecular formula is C9H24N4O. The Kier molecular flexibility index (Phi) is 9.23. The van der Waals surface area contributed by atoms with Crippen LogP contribution in [0.15, 0.2) is 0 Å². The fraction of sp³-hybridized carbons (Fsp3) is 1.00. The summed E-state index contributed by atoms with van der Waals surface area (Å²) in [5.74, 6) is 0. The summed E-state index contributed by atoms with van der Waals surface area (Å²) in [6.07, 6.45) is 4.50. The van der Waals surface area contributed by atoms with Gasteiger partial charge < -0.3 is 22.3 Å². The molecule has 86 valence electrons. The van der Waals surface area contributed by atoms with E-state index in [9.17, 15) is 0 Å². The summed E-state index contributed by atoms with van der Waals surface area (Å²) in [6.45, 7) is 1.30. The van der Waals surface area contributed by atoms with Crippen LogP contribution in [0.5, 0.6) is 0 Å². The molecule has 0 spiro atoms.